The second-order valence-corrected chi connectivity index (χ2v) is 9.49. The highest BCUT2D eigenvalue weighted by Gasteiger charge is 2.55. The van der Waals surface area contributed by atoms with Gasteiger partial charge in [0.25, 0.3) is 0 Å². The van der Waals surface area contributed by atoms with E-state index in [1.54, 1.807) is 0 Å². The number of ether oxygens (including phenoxy) is 1. The van der Waals surface area contributed by atoms with Crippen molar-refractivity contribution < 1.29 is 9.53 Å². The number of aromatic nitrogens is 2. The highest BCUT2D eigenvalue weighted by atomic mass is 35.5. The van der Waals surface area contributed by atoms with Crippen molar-refractivity contribution in [1.82, 2.24) is 14.9 Å². The smallest absolute Gasteiger partial charge is 0.233 e. The molecule has 2 saturated heterocycles. The maximum atomic E-state index is 13.5. The largest absolute Gasteiger partial charge is 0.378 e. The third-order valence-corrected chi connectivity index (χ3v) is 7.55. The Kier molecular flexibility index (Phi) is 4.29. The molecule has 1 aromatic heterocycles. The van der Waals surface area contributed by atoms with Crippen molar-refractivity contribution in [2.45, 2.75) is 30.6 Å². The van der Waals surface area contributed by atoms with Crippen molar-refractivity contribution in [3.05, 3.63) is 52.3 Å². The van der Waals surface area contributed by atoms with Crippen LogP contribution in [-0.4, -0.2) is 60.2 Å². The van der Waals surface area contributed by atoms with Gasteiger partial charge in [0, 0.05) is 43.3 Å². The summed E-state index contributed by atoms with van der Waals surface area (Å²) in [6, 6.07) is 7.81. The van der Waals surface area contributed by atoms with Crippen LogP contribution in [0.3, 0.4) is 0 Å². The molecular weight excluding hydrogens is 400 g/mol. The predicted molar refractivity (Wildman–Crippen MR) is 114 cm³/mol. The van der Waals surface area contributed by atoms with Gasteiger partial charge in [-0.2, -0.15) is 0 Å². The molecule has 0 bridgehead atoms. The van der Waals surface area contributed by atoms with Crippen LogP contribution in [0, 0.1) is 5.92 Å². The minimum absolute atomic E-state index is 0.281. The van der Waals surface area contributed by atoms with Crippen molar-refractivity contribution in [3.8, 4) is 0 Å². The number of anilines is 1. The highest BCUT2D eigenvalue weighted by Crippen LogP contribution is 2.52. The molecule has 6 rings (SSSR count). The van der Waals surface area contributed by atoms with E-state index in [2.05, 4.69) is 14.8 Å². The Hall–Kier alpha value is -2.18. The van der Waals surface area contributed by atoms with Gasteiger partial charge in [-0.15, -0.1) is 0 Å². The third-order valence-electron chi connectivity index (χ3n) is 7.30. The summed E-state index contributed by atoms with van der Waals surface area (Å²) in [5, 5.41) is 0.713. The molecule has 2 aromatic rings. The first-order valence-corrected chi connectivity index (χ1v) is 11.3. The monoisotopic (exact) mass is 424 g/mol. The molecule has 3 heterocycles. The molecule has 1 saturated carbocycles. The number of carbonyl (C=O) groups is 1. The number of hydrogen-bond donors (Lipinski definition) is 0. The quantitative estimate of drug-likeness (QED) is 0.758. The Balaban J connectivity index is 1.22. The van der Waals surface area contributed by atoms with Crippen LogP contribution in [0.1, 0.15) is 35.6 Å². The SMILES string of the molecule is O=C(N1C[C@H]2Cc3cnc(N4CCOCC4)nc3[C@H]2C1)C1(c2ccc(Cl)cc2)CC1. The lowest BCUT2D eigenvalue weighted by atomic mass is 9.94. The average molecular weight is 425 g/mol. The summed E-state index contributed by atoms with van der Waals surface area (Å²) in [6.45, 7) is 4.71. The van der Waals surface area contributed by atoms with Crippen LogP contribution in [0.25, 0.3) is 0 Å². The maximum absolute atomic E-state index is 13.5. The number of likely N-dealkylation sites (tertiary alicyclic amines) is 1. The lowest BCUT2D eigenvalue weighted by Gasteiger charge is -2.27. The molecular formula is C23H25ClN4O2. The van der Waals surface area contributed by atoms with Crippen LogP contribution in [0.2, 0.25) is 5.02 Å². The van der Waals surface area contributed by atoms with E-state index in [1.807, 2.05) is 30.5 Å². The Morgan fingerprint density at radius 1 is 1.13 bits per heavy atom. The zero-order chi connectivity index (χ0) is 20.3. The van der Waals surface area contributed by atoms with E-state index >= 15 is 0 Å². The summed E-state index contributed by atoms with van der Waals surface area (Å²) < 4.78 is 5.46. The number of halogens is 1. The zero-order valence-electron chi connectivity index (χ0n) is 16.9. The normalized spacial score (nSPS) is 26.4. The van der Waals surface area contributed by atoms with Crippen LogP contribution in [-0.2, 0) is 21.4 Å². The van der Waals surface area contributed by atoms with E-state index in [9.17, 15) is 4.79 Å². The lowest BCUT2D eigenvalue weighted by Crippen LogP contribution is -2.38. The molecule has 7 heteroatoms. The van der Waals surface area contributed by atoms with Gasteiger partial charge in [0.2, 0.25) is 11.9 Å². The summed E-state index contributed by atoms with van der Waals surface area (Å²) in [5.74, 6) is 1.87. The van der Waals surface area contributed by atoms with Gasteiger partial charge in [-0.25, -0.2) is 9.97 Å². The van der Waals surface area contributed by atoms with E-state index in [1.165, 1.54) is 5.56 Å². The molecule has 3 fully saturated rings. The second kappa shape index (κ2) is 6.92. The fourth-order valence-electron chi connectivity index (χ4n) is 5.46. The van der Waals surface area contributed by atoms with Gasteiger partial charge in [-0.1, -0.05) is 23.7 Å². The first-order valence-electron chi connectivity index (χ1n) is 10.9. The van der Waals surface area contributed by atoms with Crippen molar-refractivity contribution in [2.75, 3.05) is 44.3 Å². The van der Waals surface area contributed by atoms with Gasteiger partial charge in [-0.3, -0.25) is 4.79 Å². The highest BCUT2D eigenvalue weighted by molar-refractivity contribution is 6.30. The van der Waals surface area contributed by atoms with E-state index < -0.39 is 0 Å². The number of nitrogens with zero attached hydrogens (tertiary/aromatic N) is 4. The van der Waals surface area contributed by atoms with E-state index in [4.69, 9.17) is 21.3 Å². The molecule has 1 aromatic carbocycles. The molecule has 2 aliphatic heterocycles. The molecule has 156 valence electrons. The number of morpholine rings is 1. The molecule has 2 atom stereocenters. The fourth-order valence-corrected chi connectivity index (χ4v) is 5.59. The van der Waals surface area contributed by atoms with Crippen molar-refractivity contribution >= 4 is 23.5 Å². The zero-order valence-corrected chi connectivity index (χ0v) is 17.6. The first kappa shape index (κ1) is 18.6. The van der Waals surface area contributed by atoms with Gasteiger partial charge in [0.05, 0.1) is 24.3 Å². The summed E-state index contributed by atoms with van der Waals surface area (Å²) >= 11 is 6.05. The molecule has 2 aliphatic carbocycles. The van der Waals surface area contributed by atoms with Crippen molar-refractivity contribution in [3.63, 3.8) is 0 Å². The average Bonchev–Trinajstić information content (AvgIpc) is 3.37. The molecule has 0 radical (unpaired) electrons. The Morgan fingerprint density at radius 3 is 2.63 bits per heavy atom. The minimum Gasteiger partial charge on any atom is -0.378 e. The minimum atomic E-state index is -0.337. The first-order chi connectivity index (χ1) is 14.6. The molecule has 6 nitrogen and oxygen atoms in total. The Morgan fingerprint density at radius 2 is 1.90 bits per heavy atom. The lowest BCUT2D eigenvalue weighted by molar-refractivity contribution is -0.133. The number of rotatable bonds is 3. The molecule has 0 unspecified atom stereocenters. The summed E-state index contributed by atoms with van der Waals surface area (Å²) in [4.78, 5) is 27.4. The number of fused-ring (bicyclic) bond motifs is 3. The van der Waals surface area contributed by atoms with Crippen LogP contribution in [0.5, 0.6) is 0 Å². The van der Waals surface area contributed by atoms with Gasteiger partial charge in [0.15, 0.2) is 0 Å². The molecule has 30 heavy (non-hydrogen) atoms. The molecule has 4 aliphatic rings. The number of amides is 1. The van der Waals surface area contributed by atoms with Gasteiger partial charge in [0.1, 0.15) is 0 Å². The molecule has 1 amide bonds. The van der Waals surface area contributed by atoms with E-state index in [0.717, 1.165) is 75.9 Å². The standard InChI is InChI=1S/C23H25ClN4O2/c24-18-3-1-17(2-4-18)23(5-6-23)21(29)28-13-16-11-15-12-25-22(26-20(15)19(16)14-28)27-7-9-30-10-8-27/h1-4,12,16,19H,5-11,13-14H2/t16-,19+/m1/s1. The van der Waals surface area contributed by atoms with Gasteiger partial charge >= 0.3 is 0 Å². The number of benzene rings is 1. The topological polar surface area (TPSA) is 58.6 Å². The van der Waals surface area contributed by atoms with Crippen LogP contribution >= 0.6 is 11.6 Å². The fraction of sp³-hybridized carbons (Fsp3) is 0.522. The van der Waals surface area contributed by atoms with Crippen LogP contribution in [0.4, 0.5) is 5.95 Å². The summed E-state index contributed by atoms with van der Waals surface area (Å²) in [7, 11) is 0. The van der Waals surface area contributed by atoms with E-state index in [-0.39, 0.29) is 11.3 Å². The maximum Gasteiger partial charge on any atom is 0.233 e. The predicted octanol–water partition coefficient (Wildman–Crippen LogP) is 2.80. The Bertz CT molecular complexity index is 985. The number of carbonyl (C=O) groups excluding carboxylic acids is 1. The van der Waals surface area contributed by atoms with Crippen LogP contribution in [0.15, 0.2) is 30.5 Å². The van der Waals surface area contributed by atoms with Crippen LogP contribution < -0.4 is 4.90 Å². The second-order valence-electron chi connectivity index (χ2n) is 9.05. The van der Waals surface area contributed by atoms with E-state index in [0.29, 0.717) is 16.9 Å². The molecule has 0 N–H and O–H groups in total. The third kappa shape index (κ3) is 2.92. The van der Waals surface area contributed by atoms with Gasteiger partial charge in [-0.05, 0) is 48.4 Å². The Labute approximate surface area is 181 Å². The summed E-state index contributed by atoms with van der Waals surface area (Å²) in [5.41, 5.74) is 3.18. The van der Waals surface area contributed by atoms with Crippen molar-refractivity contribution in [2.24, 2.45) is 5.92 Å². The molecule has 0 spiro atoms. The van der Waals surface area contributed by atoms with Gasteiger partial charge < -0.3 is 14.5 Å². The van der Waals surface area contributed by atoms with Crippen molar-refractivity contribution in [1.29, 1.82) is 0 Å². The summed E-state index contributed by atoms with van der Waals surface area (Å²) in [6.07, 6.45) is 4.84. The number of hydrogen-bond acceptors (Lipinski definition) is 5.